The van der Waals surface area contributed by atoms with Crippen LogP contribution in [0.3, 0.4) is 0 Å². The summed E-state index contributed by atoms with van der Waals surface area (Å²) in [5, 5.41) is 2.69. The lowest BCUT2D eigenvalue weighted by molar-refractivity contribution is -0.133. The standard InChI is InChI=1S/C15H21NO5/c1-6-21-12-8-7-10(9-11(12)13(17)19-4)16-14(18)15(2,3)20-5/h7-9H,6H2,1-5H3,(H,16,18). The molecule has 0 aliphatic heterocycles. The van der Waals surface area contributed by atoms with E-state index in [0.29, 0.717) is 18.0 Å². The Kier molecular flexibility index (Phi) is 5.72. The second-order valence-electron chi connectivity index (χ2n) is 4.80. The molecule has 0 heterocycles. The maximum absolute atomic E-state index is 12.0. The Balaban J connectivity index is 3.05. The van der Waals surface area contributed by atoms with E-state index in [9.17, 15) is 9.59 Å². The second kappa shape index (κ2) is 7.08. The molecule has 0 saturated heterocycles. The molecule has 1 rings (SSSR count). The number of esters is 1. The number of amides is 1. The zero-order valence-electron chi connectivity index (χ0n) is 13.0. The van der Waals surface area contributed by atoms with Crippen LogP contribution in [0.1, 0.15) is 31.1 Å². The monoisotopic (exact) mass is 295 g/mol. The van der Waals surface area contributed by atoms with Gasteiger partial charge >= 0.3 is 5.97 Å². The van der Waals surface area contributed by atoms with Gasteiger partial charge in [-0.3, -0.25) is 4.79 Å². The molecule has 0 bridgehead atoms. The van der Waals surface area contributed by atoms with Gasteiger partial charge in [0.2, 0.25) is 0 Å². The molecule has 1 amide bonds. The number of nitrogens with one attached hydrogen (secondary N) is 1. The van der Waals surface area contributed by atoms with Crippen LogP contribution in [-0.4, -0.2) is 38.3 Å². The van der Waals surface area contributed by atoms with Crippen molar-refractivity contribution in [3.8, 4) is 5.75 Å². The Morgan fingerprint density at radius 2 is 1.90 bits per heavy atom. The minimum Gasteiger partial charge on any atom is -0.493 e. The first-order valence-electron chi connectivity index (χ1n) is 6.57. The van der Waals surface area contributed by atoms with Crippen molar-refractivity contribution in [3.05, 3.63) is 23.8 Å². The van der Waals surface area contributed by atoms with E-state index in [1.54, 1.807) is 26.0 Å². The number of carbonyl (C=O) groups is 2. The lowest BCUT2D eigenvalue weighted by Crippen LogP contribution is -2.38. The first-order valence-corrected chi connectivity index (χ1v) is 6.57. The third kappa shape index (κ3) is 4.19. The fourth-order valence-corrected chi connectivity index (χ4v) is 1.53. The third-order valence-electron chi connectivity index (χ3n) is 3.00. The van der Waals surface area contributed by atoms with Crippen LogP contribution in [0.15, 0.2) is 18.2 Å². The van der Waals surface area contributed by atoms with Crippen LogP contribution in [0, 0.1) is 0 Å². The lowest BCUT2D eigenvalue weighted by atomic mass is 10.1. The summed E-state index contributed by atoms with van der Waals surface area (Å²) in [6.07, 6.45) is 0. The van der Waals surface area contributed by atoms with Gasteiger partial charge in [0.1, 0.15) is 16.9 Å². The lowest BCUT2D eigenvalue weighted by Gasteiger charge is -2.22. The molecule has 6 heteroatoms. The van der Waals surface area contributed by atoms with Gasteiger partial charge in [-0.05, 0) is 39.0 Å². The Labute approximate surface area is 124 Å². The van der Waals surface area contributed by atoms with Crippen LogP contribution >= 0.6 is 0 Å². The van der Waals surface area contributed by atoms with Crippen molar-refractivity contribution in [2.45, 2.75) is 26.4 Å². The van der Waals surface area contributed by atoms with Crippen molar-refractivity contribution in [3.63, 3.8) is 0 Å². The number of anilines is 1. The van der Waals surface area contributed by atoms with Gasteiger partial charge in [0, 0.05) is 12.8 Å². The molecule has 0 saturated carbocycles. The number of hydrogen-bond acceptors (Lipinski definition) is 5. The quantitative estimate of drug-likeness (QED) is 0.815. The van der Waals surface area contributed by atoms with E-state index in [1.165, 1.54) is 20.3 Å². The Hall–Kier alpha value is -2.08. The zero-order chi connectivity index (χ0) is 16.0. The summed E-state index contributed by atoms with van der Waals surface area (Å²) in [5.41, 5.74) is -0.245. The predicted molar refractivity (Wildman–Crippen MR) is 78.7 cm³/mol. The molecule has 1 N–H and O–H groups in total. The maximum atomic E-state index is 12.0. The molecule has 0 radical (unpaired) electrons. The number of methoxy groups -OCH3 is 2. The van der Waals surface area contributed by atoms with Gasteiger partial charge in [-0.1, -0.05) is 0 Å². The highest BCUT2D eigenvalue weighted by atomic mass is 16.5. The Morgan fingerprint density at radius 3 is 2.43 bits per heavy atom. The van der Waals surface area contributed by atoms with E-state index in [4.69, 9.17) is 14.2 Å². The maximum Gasteiger partial charge on any atom is 0.341 e. The Morgan fingerprint density at radius 1 is 1.24 bits per heavy atom. The van der Waals surface area contributed by atoms with E-state index in [2.05, 4.69) is 5.32 Å². The fourth-order valence-electron chi connectivity index (χ4n) is 1.53. The van der Waals surface area contributed by atoms with Crippen molar-refractivity contribution >= 4 is 17.6 Å². The van der Waals surface area contributed by atoms with Crippen LogP contribution < -0.4 is 10.1 Å². The van der Waals surface area contributed by atoms with Crippen LogP contribution in [0.4, 0.5) is 5.69 Å². The molecule has 0 aromatic heterocycles. The van der Waals surface area contributed by atoms with Crippen molar-refractivity contribution in [2.75, 3.05) is 26.1 Å². The van der Waals surface area contributed by atoms with Gasteiger partial charge in [0.15, 0.2) is 0 Å². The average Bonchev–Trinajstić information content (AvgIpc) is 2.48. The van der Waals surface area contributed by atoms with Gasteiger partial charge in [-0.25, -0.2) is 4.79 Å². The van der Waals surface area contributed by atoms with E-state index >= 15 is 0 Å². The highest BCUT2D eigenvalue weighted by Crippen LogP contribution is 2.24. The zero-order valence-corrected chi connectivity index (χ0v) is 13.0. The molecular formula is C15H21NO5. The van der Waals surface area contributed by atoms with Gasteiger partial charge in [0.25, 0.3) is 5.91 Å². The van der Waals surface area contributed by atoms with E-state index in [0.717, 1.165) is 0 Å². The number of ether oxygens (including phenoxy) is 3. The number of carbonyl (C=O) groups excluding carboxylic acids is 2. The molecule has 0 unspecified atom stereocenters. The van der Waals surface area contributed by atoms with Crippen molar-refractivity contribution in [1.29, 1.82) is 0 Å². The van der Waals surface area contributed by atoms with E-state index in [-0.39, 0.29) is 11.5 Å². The molecule has 1 aromatic rings. The molecule has 6 nitrogen and oxygen atoms in total. The third-order valence-corrected chi connectivity index (χ3v) is 3.00. The molecule has 0 fully saturated rings. The fraction of sp³-hybridized carbons (Fsp3) is 0.467. The molecule has 0 atom stereocenters. The van der Waals surface area contributed by atoms with Gasteiger partial charge in [0.05, 0.1) is 13.7 Å². The topological polar surface area (TPSA) is 73.9 Å². The minimum atomic E-state index is -0.968. The number of benzene rings is 1. The van der Waals surface area contributed by atoms with Gasteiger partial charge < -0.3 is 19.5 Å². The molecule has 1 aromatic carbocycles. The summed E-state index contributed by atoms with van der Waals surface area (Å²) in [5.74, 6) is -0.432. The first-order chi connectivity index (χ1) is 9.85. The average molecular weight is 295 g/mol. The molecule has 21 heavy (non-hydrogen) atoms. The Bertz CT molecular complexity index is 525. The normalized spacial score (nSPS) is 10.9. The highest BCUT2D eigenvalue weighted by molar-refractivity contribution is 5.99. The van der Waals surface area contributed by atoms with Gasteiger partial charge in [-0.2, -0.15) is 0 Å². The van der Waals surface area contributed by atoms with Crippen molar-refractivity contribution in [1.82, 2.24) is 0 Å². The summed E-state index contributed by atoms with van der Waals surface area (Å²) < 4.78 is 15.2. The van der Waals surface area contributed by atoms with Crippen LogP contribution in [0.2, 0.25) is 0 Å². The first kappa shape index (κ1) is 17.0. The summed E-state index contributed by atoms with van der Waals surface area (Å²) in [6, 6.07) is 4.78. The predicted octanol–water partition coefficient (Wildman–Crippen LogP) is 2.24. The molecule has 0 spiro atoms. The van der Waals surface area contributed by atoms with Crippen LogP contribution in [0.5, 0.6) is 5.75 Å². The molecular weight excluding hydrogens is 274 g/mol. The smallest absolute Gasteiger partial charge is 0.341 e. The SMILES string of the molecule is CCOc1ccc(NC(=O)C(C)(C)OC)cc1C(=O)OC. The summed E-state index contributed by atoms with van der Waals surface area (Å²) in [4.78, 5) is 23.8. The van der Waals surface area contributed by atoms with Crippen molar-refractivity contribution in [2.24, 2.45) is 0 Å². The summed E-state index contributed by atoms with van der Waals surface area (Å²) in [7, 11) is 2.75. The minimum absolute atomic E-state index is 0.257. The summed E-state index contributed by atoms with van der Waals surface area (Å²) in [6.45, 7) is 5.54. The molecule has 116 valence electrons. The second-order valence-corrected chi connectivity index (χ2v) is 4.80. The van der Waals surface area contributed by atoms with E-state index < -0.39 is 11.6 Å². The van der Waals surface area contributed by atoms with Crippen LogP contribution in [-0.2, 0) is 14.3 Å². The van der Waals surface area contributed by atoms with Crippen LogP contribution in [0.25, 0.3) is 0 Å². The number of rotatable bonds is 6. The van der Waals surface area contributed by atoms with Gasteiger partial charge in [-0.15, -0.1) is 0 Å². The number of hydrogen-bond donors (Lipinski definition) is 1. The van der Waals surface area contributed by atoms with E-state index in [1.807, 2.05) is 6.92 Å². The van der Waals surface area contributed by atoms with Crippen molar-refractivity contribution < 1.29 is 23.8 Å². The largest absolute Gasteiger partial charge is 0.493 e. The highest BCUT2D eigenvalue weighted by Gasteiger charge is 2.27. The molecule has 0 aliphatic rings. The molecule has 0 aliphatic carbocycles. The summed E-state index contributed by atoms with van der Waals surface area (Å²) >= 11 is 0.